The molecular formula is C12H16N2O5. The van der Waals surface area contributed by atoms with Crippen LogP contribution in [-0.4, -0.2) is 35.8 Å². The van der Waals surface area contributed by atoms with Crippen molar-refractivity contribution < 1.29 is 19.6 Å². The van der Waals surface area contributed by atoms with Gasteiger partial charge in [0.05, 0.1) is 10.5 Å². The summed E-state index contributed by atoms with van der Waals surface area (Å²) in [4.78, 5) is 21.2. The van der Waals surface area contributed by atoms with Crippen LogP contribution in [0.1, 0.15) is 23.7 Å². The smallest absolute Gasteiger partial charge is 0.335 e. The Morgan fingerprint density at radius 1 is 1.58 bits per heavy atom. The number of aromatic carboxylic acids is 1. The SMILES string of the molecule is COCCC(C)Nc1cc(C(=O)O)ccc1[N+](=O)[O-]. The molecule has 0 heterocycles. The summed E-state index contributed by atoms with van der Waals surface area (Å²) in [6.07, 6.45) is 0.658. The average Bonchev–Trinajstić information content (AvgIpc) is 2.35. The molecule has 0 aliphatic heterocycles. The third-order valence-corrected chi connectivity index (χ3v) is 2.60. The number of methoxy groups -OCH3 is 1. The van der Waals surface area contributed by atoms with Crippen molar-refractivity contribution in [1.29, 1.82) is 0 Å². The number of nitro groups is 1. The Hall–Kier alpha value is -2.15. The normalized spacial score (nSPS) is 11.9. The molecule has 0 bridgehead atoms. The topological polar surface area (TPSA) is 102 Å². The molecule has 7 heteroatoms. The van der Waals surface area contributed by atoms with Gasteiger partial charge in [-0.25, -0.2) is 4.79 Å². The van der Waals surface area contributed by atoms with E-state index in [0.29, 0.717) is 13.0 Å². The van der Waals surface area contributed by atoms with Crippen molar-refractivity contribution in [3.63, 3.8) is 0 Å². The summed E-state index contributed by atoms with van der Waals surface area (Å²) >= 11 is 0. The van der Waals surface area contributed by atoms with E-state index in [-0.39, 0.29) is 23.0 Å². The van der Waals surface area contributed by atoms with E-state index in [2.05, 4.69) is 5.32 Å². The quantitative estimate of drug-likeness (QED) is 0.580. The van der Waals surface area contributed by atoms with E-state index in [0.717, 1.165) is 0 Å². The van der Waals surface area contributed by atoms with Gasteiger partial charge in [-0.05, 0) is 25.5 Å². The molecule has 0 aliphatic carbocycles. The van der Waals surface area contributed by atoms with E-state index in [1.54, 1.807) is 7.11 Å². The molecule has 0 spiro atoms. The number of carboxylic acids is 1. The highest BCUT2D eigenvalue weighted by Crippen LogP contribution is 2.26. The number of rotatable bonds is 7. The third kappa shape index (κ3) is 4.22. The molecule has 0 amide bonds. The van der Waals surface area contributed by atoms with Crippen LogP contribution in [0.4, 0.5) is 11.4 Å². The van der Waals surface area contributed by atoms with Gasteiger partial charge < -0.3 is 15.2 Å². The lowest BCUT2D eigenvalue weighted by molar-refractivity contribution is -0.384. The Morgan fingerprint density at radius 3 is 2.79 bits per heavy atom. The predicted octanol–water partition coefficient (Wildman–Crippen LogP) is 2.13. The molecule has 0 radical (unpaired) electrons. The van der Waals surface area contributed by atoms with Crippen molar-refractivity contribution in [2.24, 2.45) is 0 Å². The fourth-order valence-electron chi connectivity index (χ4n) is 1.58. The highest BCUT2D eigenvalue weighted by Gasteiger charge is 2.17. The van der Waals surface area contributed by atoms with Gasteiger partial charge in [-0.15, -0.1) is 0 Å². The number of carboxylic acid groups (broad SMARTS) is 1. The maximum absolute atomic E-state index is 10.9. The molecule has 104 valence electrons. The second-order valence-electron chi connectivity index (χ2n) is 4.12. The number of nitro benzene ring substituents is 1. The van der Waals surface area contributed by atoms with Gasteiger partial charge in [-0.2, -0.15) is 0 Å². The van der Waals surface area contributed by atoms with Crippen LogP contribution in [0.3, 0.4) is 0 Å². The minimum absolute atomic E-state index is 0.00652. The molecule has 0 fully saturated rings. The first-order valence-corrected chi connectivity index (χ1v) is 5.73. The molecule has 1 aromatic rings. The summed E-state index contributed by atoms with van der Waals surface area (Å²) in [6.45, 7) is 2.36. The van der Waals surface area contributed by atoms with Crippen LogP contribution in [0.2, 0.25) is 0 Å². The molecule has 1 rings (SSSR count). The van der Waals surface area contributed by atoms with Gasteiger partial charge in [0.2, 0.25) is 0 Å². The largest absolute Gasteiger partial charge is 0.478 e. The van der Waals surface area contributed by atoms with Crippen molar-refractivity contribution in [3.8, 4) is 0 Å². The number of hydrogen-bond acceptors (Lipinski definition) is 5. The molecule has 7 nitrogen and oxygen atoms in total. The number of anilines is 1. The molecule has 1 atom stereocenters. The molecule has 1 aromatic carbocycles. The average molecular weight is 268 g/mol. The second-order valence-corrected chi connectivity index (χ2v) is 4.12. The van der Waals surface area contributed by atoms with Crippen molar-refractivity contribution in [1.82, 2.24) is 0 Å². The number of carbonyl (C=O) groups is 1. The number of ether oxygens (including phenoxy) is 1. The number of hydrogen-bond donors (Lipinski definition) is 2. The Labute approximate surface area is 110 Å². The van der Waals surface area contributed by atoms with Crippen LogP contribution >= 0.6 is 0 Å². The predicted molar refractivity (Wildman–Crippen MR) is 69.6 cm³/mol. The maximum atomic E-state index is 10.9. The molecule has 0 saturated heterocycles. The summed E-state index contributed by atoms with van der Waals surface area (Å²) in [5.74, 6) is -1.12. The first kappa shape index (κ1) is 14.9. The summed E-state index contributed by atoms with van der Waals surface area (Å²) < 4.78 is 4.92. The lowest BCUT2D eigenvalue weighted by atomic mass is 10.1. The zero-order chi connectivity index (χ0) is 14.4. The highest BCUT2D eigenvalue weighted by molar-refractivity contribution is 5.90. The molecule has 0 aromatic heterocycles. The fraction of sp³-hybridized carbons (Fsp3) is 0.417. The van der Waals surface area contributed by atoms with Gasteiger partial charge in [-0.1, -0.05) is 0 Å². The van der Waals surface area contributed by atoms with Crippen molar-refractivity contribution in [2.45, 2.75) is 19.4 Å². The zero-order valence-corrected chi connectivity index (χ0v) is 10.8. The molecular weight excluding hydrogens is 252 g/mol. The Balaban J connectivity index is 2.97. The van der Waals surface area contributed by atoms with Crippen molar-refractivity contribution in [2.75, 3.05) is 19.0 Å². The van der Waals surface area contributed by atoms with E-state index >= 15 is 0 Å². The molecule has 19 heavy (non-hydrogen) atoms. The summed E-state index contributed by atoms with van der Waals surface area (Å²) in [6, 6.07) is 3.60. The first-order chi connectivity index (χ1) is 8.95. The van der Waals surface area contributed by atoms with Crippen LogP contribution in [0, 0.1) is 10.1 Å². The first-order valence-electron chi connectivity index (χ1n) is 5.73. The number of nitrogens with one attached hydrogen (secondary N) is 1. The standard InChI is InChI=1S/C12H16N2O5/c1-8(5-6-19-2)13-10-7-9(12(15)16)3-4-11(10)14(17)18/h3-4,7-8,13H,5-6H2,1-2H3,(H,15,16). The summed E-state index contributed by atoms with van der Waals surface area (Å²) in [7, 11) is 1.57. The van der Waals surface area contributed by atoms with Gasteiger partial charge >= 0.3 is 5.97 Å². The van der Waals surface area contributed by atoms with Crippen molar-refractivity contribution >= 4 is 17.3 Å². The van der Waals surface area contributed by atoms with Gasteiger partial charge in [0.25, 0.3) is 5.69 Å². The van der Waals surface area contributed by atoms with Gasteiger partial charge in [-0.3, -0.25) is 10.1 Å². The maximum Gasteiger partial charge on any atom is 0.335 e. The monoisotopic (exact) mass is 268 g/mol. The van der Waals surface area contributed by atoms with Crippen LogP contribution < -0.4 is 5.32 Å². The Kier molecular flexibility index (Phi) is 5.25. The van der Waals surface area contributed by atoms with Crippen molar-refractivity contribution in [3.05, 3.63) is 33.9 Å². The molecule has 1 unspecified atom stereocenters. The summed E-state index contributed by atoms with van der Waals surface area (Å²) in [5.41, 5.74) is 0.0646. The van der Waals surface area contributed by atoms with Crippen LogP contribution in [0.25, 0.3) is 0 Å². The van der Waals surface area contributed by atoms with E-state index in [1.807, 2.05) is 6.92 Å². The van der Waals surface area contributed by atoms with E-state index in [9.17, 15) is 14.9 Å². The zero-order valence-electron chi connectivity index (χ0n) is 10.8. The van der Waals surface area contributed by atoms with E-state index < -0.39 is 10.9 Å². The molecule has 2 N–H and O–H groups in total. The van der Waals surface area contributed by atoms with Gasteiger partial charge in [0.1, 0.15) is 5.69 Å². The lowest BCUT2D eigenvalue weighted by Crippen LogP contribution is -2.18. The minimum Gasteiger partial charge on any atom is -0.478 e. The Morgan fingerprint density at radius 2 is 2.26 bits per heavy atom. The van der Waals surface area contributed by atoms with Crippen LogP contribution in [0.5, 0.6) is 0 Å². The second kappa shape index (κ2) is 6.69. The molecule has 0 aliphatic rings. The van der Waals surface area contributed by atoms with Crippen LogP contribution in [0.15, 0.2) is 18.2 Å². The highest BCUT2D eigenvalue weighted by atomic mass is 16.6. The van der Waals surface area contributed by atoms with Gasteiger partial charge in [0, 0.05) is 25.8 Å². The summed E-state index contributed by atoms with van der Waals surface area (Å²) in [5, 5.41) is 22.7. The fourth-order valence-corrected chi connectivity index (χ4v) is 1.58. The van der Waals surface area contributed by atoms with Crippen LogP contribution in [-0.2, 0) is 4.74 Å². The van der Waals surface area contributed by atoms with Gasteiger partial charge in [0.15, 0.2) is 0 Å². The minimum atomic E-state index is -1.12. The Bertz CT molecular complexity index is 475. The van der Waals surface area contributed by atoms with E-state index in [4.69, 9.17) is 9.84 Å². The van der Waals surface area contributed by atoms with E-state index in [1.165, 1.54) is 18.2 Å². The lowest BCUT2D eigenvalue weighted by Gasteiger charge is -2.15. The molecule has 0 saturated carbocycles. The third-order valence-electron chi connectivity index (χ3n) is 2.60. The number of benzene rings is 1. The number of nitrogens with zero attached hydrogens (tertiary/aromatic N) is 1.